The number of aryl methyl sites for hydroxylation is 2. The lowest BCUT2D eigenvalue weighted by molar-refractivity contribution is -0.126. The third-order valence-electron chi connectivity index (χ3n) is 6.35. The normalized spacial score (nSPS) is 17.4. The van der Waals surface area contributed by atoms with E-state index in [1.807, 2.05) is 55.6 Å². The van der Waals surface area contributed by atoms with E-state index in [-0.39, 0.29) is 18.4 Å². The van der Waals surface area contributed by atoms with Gasteiger partial charge in [-0.1, -0.05) is 47.5 Å². The molecule has 5 rings (SSSR count). The maximum atomic E-state index is 13.9. The van der Waals surface area contributed by atoms with Gasteiger partial charge in [-0.15, -0.1) is 11.3 Å². The smallest absolute Gasteiger partial charge is 0.277 e. The van der Waals surface area contributed by atoms with Crippen molar-refractivity contribution in [3.05, 3.63) is 93.5 Å². The number of rotatable bonds is 5. The Morgan fingerprint density at radius 1 is 1.14 bits per heavy atom. The molecule has 0 fully saturated rings. The maximum absolute atomic E-state index is 13.9. The summed E-state index contributed by atoms with van der Waals surface area (Å²) in [6.07, 6.45) is 0. The van der Waals surface area contributed by atoms with E-state index in [1.165, 1.54) is 0 Å². The van der Waals surface area contributed by atoms with E-state index >= 15 is 0 Å². The lowest BCUT2D eigenvalue weighted by Gasteiger charge is -2.43. The van der Waals surface area contributed by atoms with Crippen molar-refractivity contribution in [2.24, 2.45) is 0 Å². The molecule has 1 aliphatic rings. The standard InChI is InChI=1S/C27H25ClN4O2S/c1-17-6-4-7-19(12-17)15-29-26(34)27(3)16-31-23(14-21(30-31)24-8-5-11-35-24)25(33)32(27)22-10-9-20(28)13-18(22)2/h4-14H,15-16H2,1-3H3,(H,29,34)/t27-/m0/s1. The first kappa shape index (κ1) is 23.3. The van der Waals surface area contributed by atoms with Crippen molar-refractivity contribution in [2.75, 3.05) is 4.90 Å². The SMILES string of the molecule is Cc1cccc(CNC(=O)[C@]2(C)Cn3nc(-c4cccs4)cc3C(=O)N2c2ccc(Cl)cc2C)c1. The molecule has 35 heavy (non-hydrogen) atoms. The molecule has 4 aromatic rings. The van der Waals surface area contributed by atoms with Crippen LogP contribution in [0.3, 0.4) is 0 Å². The molecule has 0 spiro atoms. The first-order valence-corrected chi connectivity index (χ1v) is 12.6. The van der Waals surface area contributed by atoms with Crippen LogP contribution in [0.15, 0.2) is 66.0 Å². The number of fused-ring (bicyclic) bond motifs is 1. The van der Waals surface area contributed by atoms with Gasteiger partial charge in [-0.05, 0) is 67.6 Å². The summed E-state index contributed by atoms with van der Waals surface area (Å²) in [5.74, 6) is -0.522. The number of nitrogens with zero attached hydrogens (tertiary/aromatic N) is 3. The summed E-state index contributed by atoms with van der Waals surface area (Å²) in [5, 5.41) is 10.3. The molecule has 8 heteroatoms. The molecule has 0 radical (unpaired) electrons. The average molecular weight is 505 g/mol. The van der Waals surface area contributed by atoms with Crippen molar-refractivity contribution in [1.82, 2.24) is 15.1 Å². The van der Waals surface area contributed by atoms with Crippen molar-refractivity contribution >= 4 is 40.4 Å². The molecule has 2 amide bonds. The molecule has 1 atom stereocenters. The Morgan fingerprint density at radius 3 is 2.69 bits per heavy atom. The van der Waals surface area contributed by atoms with Gasteiger partial charge in [-0.2, -0.15) is 5.10 Å². The van der Waals surface area contributed by atoms with Crippen LogP contribution in [0.4, 0.5) is 5.69 Å². The van der Waals surface area contributed by atoms with Crippen molar-refractivity contribution in [3.63, 3.8) is 0 Å². The van der Waals surface area contributed by atoms with Crippen LogP contribution in [-0.4, -0.2) is 27.1 Å². The minimum atomic E-state index is -1.20. The zero-order chi connectivity index (χ0) is 24.7. The van der Waals surface area contributed by atoms with E-state index in [2.05, 4.69) is 5.32 Å². The van der Waals surface area contributed by atoms with Gasteiger partial charge in [0.1, 0.15) is 16.9 Å². The van der Waals surface area contributed by atoms with E-state index in [0.29, 0.717) is 22.9 Å². The summed E-state index contributed by atoms with van der Waals surface area (Å²) in [6.45, 7) is 6.29. The van der Waals surface area contributed by atoms with Crippen LogP contribution in [0.1, 0.15) is 34.1 Å². The summed E-state index contributed by atoms with van der Waals surface area (Å²) in [7, 11) is 0. The number of aromatic nitrogens is 2. The van der Waals surface area contributed by atoms with Crippen LogP contribution >= 0.6 is 22.9 Å². The molecule has 2 aromatic carbocycles. The molecule has 0 aliphatic carbocycles. The van der Waals surface area contributed by atoms with E-state index in [1.54, 1.807) is 52.1 Å². The second-order valence-electron chi connectivity index (χ2n) is 9.07. The van der Waals surface area contributed by atoms with Crippen molar-refractivity contribution in [2.45, 2.75) is 39.4 Å². The first-order chi connectivity index (χ1) is 16.8. The number of halogens is 1. The van der Waals surface area contributed by atoms with Gasteiger partial charge in [0, 0.05) is 17.3 Å². The molecule has 0 saturated carbocycles. The molecule has 178 valence electrons. The third kappa shape index (κ3) is 4.26. The summed E-state index contributed by atoms with van der Waals surface area (Å²) >= 11 is 7.76. The average Bonchev–Trinajstić information content (AvgIpc) is 3.49. The summed E-state index contributed by atoms with van der Waals surface area (Å²) in [6, 6.07) is 19.1. The molecule has 1 aliphatic heterocycles. The number of amides is 2. The first-order valence-electron chi connectivity index (χ1n) is 11.3. The van der Waals surface area contributed by atoms with Gasteiger partial charge in [0.15, 0.2) is 0 Å². The fraction of sp³-hybridized carbons (Fsp3) is 0.222. The lowest BCUT2D eigenvalue weighted by Crippen LogP contribution is -2.64. The highest BCUT2D eigenvalue weighted by atomic mass is 35.5. The second-order valence-corrected chi connectivity index (χ2v) is 10.5. The van der Waals surface area contributed by atoms with Gasteiger partial charge < -0.3 is 5.32 Å². The largest absolute Gasteiger partial charge is 0.350 e. The van der Waals surface area contributed by atoms with Gasteiger partial charge in [-0.25, -0.2) is 0 Å². The van der Waals surface area contributed by atoms with Crippen LogP contribution < -0.4 is 10.2 Å². The lowest BCUT2D eigenvalue weighted by atomic mass is 9.93. The Balaban J connectivity index is 1.56. The quantitative estimate of drug-likeness (QED) is 0.383. The molecular weight excluding hydrogens is 480 g/mol. The van der Waals surface area contributed by atoms with Gasteiger partial charge in [0.05, 0.1) is 11.4 Å². The molecule has 0 unspecified atom stereocenters. The van der Waals surface area contributed by atoms with Crippen LogP contribution in [-0.2, 0) is 17.9 Å². The number of anilines is 1. The highest BCUT2D eigenvalue weighted by Gasteiger charge is 2.49. The molecule has 6 nitrogen and oxygen atoms in total. The zero-order valence-corrected chi connectivity index (χ0v) is 21.3. The van der Waals surface area contributed by atoms with Gasteiger partial charge in [0.2, 0.25) is 5.91 Å². The number of thiophene rings is 1. The number of hydrogen-bond donors (Lipinski definition) is 1. The van der Waals surface area contributed by atoms with Crippen molar-refractivity contribution in [1.29, 1.82) is 0 Å². The van der Waals surface area contributed by atoms with Crippen LogP contribution in [0, 0.1) is 13.8 Å². The Labute approximate surface area is 213 Å². The van der Waals surface area contributed by atoms with Crippen LogP contribution in [0.5, 0.6) is 0 Å². The monoisotopic (exact) mass is 504 g/mol. The molecule has 0 bridgehead atoms. The van der Waals surface area contributed by atoms with Crippen molar-refractivity contribution < 1.29 is 9.59 Å². The molecule has 2 aromatic heterocycles. The highest BCUT2D eigenvalue weighted by Crippen LogP contribution is 2.37. The van der Waals surface area contributed by atoms with E-state index in [0.717, 1.165) is 27.3 Å². The summed E-state index contributed by atoms with van der Waals surface area (Å²) in [4.78, 5) is 30.3. The molecule has 1 N–H and O–H groups in total. The predicted molar refractivity (Wildman–Crippen MR) is 140 cm³/mol. The van der Waals surface area contributed by atoms with E-state index in [9.17, 15) is 9.59 Å². The highest BCUT2D eigenvalue weighted by molar-refractivity contribution is 7.13. The topological polar surface area (TPSA) is 67.2 Å². The number of carbonyl (C=O) groups excluding carboxylic acids is 2. The van der Waals surface area contributed by atoms with Gasteiger partial charge in [-0.3, -0.25) is 19.2 Å². The summed E-state index contributed by atoms with van der Waals surface area (Å²) < 4.78 is 1.66. The number of nitrogens with one attached hydrogen (secondary N) is 1. The third-order valence-corrected chi connectivity index (χ3v) is 7.48. The fourth-order valence-electron chi connectivity index (χ4n) is 4.57. The Hall–Kier alpha value is -3.42. The van der Waals surface area contributed by atoms with Gasteiger partial charge >= 0.3 is 0 Å². The fourth-order valence-corrected chi connectivity index (χ4v) is 5.48. The number of benzene rings is 2. The molecule has 0 saturated heterocycles. The minimum Gasteiger partial charge on any atom is -0.350 e. The Morgan fingerprint density at radius 2 is 1.97 bits per heavy atom. The van der Waals surface area contributed by atoms with Crippen LogP contribution in [0.25, 0.3) is 10.6 Å². The zero-order valence-electron chi connectivity index (χ0n) is 19.7. The number of hydrogen-bond acceptors (Lipinski definition) is 4. The molecular formula is C27H25ClN4O2S. The van der Waals surface area contributed by atoms with E-state index < -0.39 is 5.54 Å². The Bertz CT molecular complexity index is 1430. The maximum Gasteiger partial charge on any atom is 0.277 e. The number of carbonyl (C=O) groups is 2. The summed E-state index contributed by atoms with van der Waals surface area (Å²) in [5.41, 5.74) is 3.56. The van der Waals surface area contributed by atoms with Gasteiger partial charge in [0.25, 0.3) is 5.91 Å². The predicted octanol–water partition coefficient (Wildman–Crippen LogP) is 5.62. The minimum absolute atomic E-state index is 0.223. The Kier molecular flexibility index (Phi) is 5.99. The van der Waals surface area contributed by atoms with Crippen LogP contribution in [0.2, 0.25) is 5.02 Å². The van der Waals surface area contributed by atoms with Crippen molar-refractivity contribution in [3.8, 4) is 10.6 Å². The molecule has 3 heterocycles. The van der Waals surface area contributed by atoms with E-state index in [4.69, 9.17) is 16.7 Å². The second kappa shape index (κ2) is 8.98.